The Balaban J connectivity index is 1.60. The van der Waals surface area contributed by atoms with Gasteiger partial charge in [-0.05, 0) is 43.4 Å². The van der Waals surface area contributed by atoms with Crippen molar-refractivity contribution in [1.29, 1.82) is 0 Å². The van der Waals surface area contributed by atoms with Crippen molar-refractivity contribution >= 4 is 5.78 Å². The van der Waals surface area contributed by atoms with Gasteiger partial charge in [0.25, 0.3) is 0 Å². The van der Waals surface area contributed by atoms with Crippen molar-refractivity contribution in [3.05, 3.63) is 0 Å². The lowest BCUT2D eigenvalue weighted by atomic mass is 9.81. The lowest BCUT2D eigenvalue weighted by Gasteiger charge is -2.26. The van der Waals surface area contributed by atoms with Crippen molar-refractivity contribution in [3.63, 3.8) is 0 Å². The van der Waals surface area contributed by atoms with E-state index in [4.69, 9.17) is 10.5 Å². The molecule has 1 saturated heterocycles. The van der Waals surface area contributed by atoms with E-state index in [1.165, 1.54) is 25.7 Å². The number of carbonyl (C=O) groups excluding carboxylic acids is 1. The number of fused-ring (bicyclic) bond motifs is 2. The van der Waals surface area contributed by atoms with Crippen LogP contribution in [0.2, 0.25) is 0 Å². The average Bonchev–Trinajstić information content (AvgIpc) is 2.93. The molecule has 16 heavy (non-hydrogen) atoms. The average molecular weight is 223 g/mol. The highest BCUT2D eigenvalue weighted by Crippen LogP contribution is 2.49. The number of hydrogen-bond donors (Lipinski definition) is 1. The number of ether oxygens (including phenoxy) is 1. The van der Waals surface area contributed by atoms with Crippen LogP contribution in [-0.4, -0.2) is 24.5 Å². The molecule has 3 nitrogen and oxygen atoms in total. The third-order valence-electron chi connectivity index (χ3n) is 4.94. The van der Waals surface area contributed by atoms with Crippen LogP contribution in [-0.2, 0) is 9.53 Å². The summed E-state index contributed by atoms with van der Waals surface area (Å²) >= 11 is 0. The first kappa shape index (κ1) is 10.7. The Hall–Kier alpha value is -0.410. The molecule has 0 aromatic carbocycles. The summed E-state index contributed by atoms with van der Waals surface area (Å²) in [6.07, 6.45) is 6.80. The molecule has 2 bridgehead atoms. The van der Waals surface area contributed by atoms with E-state index < -0.39 is 5.54 Å². The van der Waals surface area contributed by atoms with E-state index >= 15 is 0 Å². The molecule has 3 aliphatic rings. The molecular weight excluding hydrogens is 202 g/mol. The first-order chi connectivity index (χ1) is 7.67. The van der Waals surface area contributed by atoms with Gasteiger partial charge in [0, 0.05) is 13.0 Å². The predicted octanol–water partition coefficient (Wildman–Crippen LogP) is 1.50. The molecule has 3 rings (SSSR count). The van der Waals surface area contributed by atoms with Crippen molar-refractivity contribution in [3.8, 4) is 0 Å². The largest absolute Gasteiger partial charge is 0.379 e. The third-order valence-corrected chi connectivity index (χ3v) is 4.94. The zero-order valence-electron chi connectivity index (χ0n) is 9.78. The van der Waals surface area contributed by atoms with Gasteiger partial charge in [-0.1, -0.05) is 6.42 Å². The summed E-state index contributed by atoms with van der Waals surface area (Å²) in [5, 5.41) is 0. The van der Waals surface area contributed by atoms with Gasteiger partial charge in [-0.3, -0.25) is 4.79 Å². The van der Waals surface area contributed by atoms with Crippen LogP contribution in [0.25, 0.3) is 0 Å². The van der Waals surface area contributed by atoms with Crippen LogP contribution in [0.3, 0.4) is 0 Å². The van der Waals surface area contributed by atoms with E-state index in [0.29, 0.717) is 32.0 Å². The Morgan fingerprint density at radius 3 is 2.81 bits per heavy atom. The molecule has 3 fully saturated rings. The van der Waals surface area contributed by atoms with Gasteiger partial charge >= 0.3 is 0 Å². The summed E-state index contributed by atoms with van der Waals surface area (Å²) in [5.74, 6) is 2.62. The van der Waals surface area contributed by atoms with Gasteiger partial charge < -0.3 is 10.5 Å². The fraction of sp³-hybridized carbons (Fsp3) is 0.923. The Morgan fingerprint density at radius 2 is 2.25 bits per heavy atom. The van der Waals surface area contributed by atoms with Gasteiger partial charge in [-0.25, -0.2) is 0 Å². The number of hydrogen-bond acceptors (Lipinski definition) is 3. The number of ketones is 1. The van der Waals surface area contributed by atoms with Crippen LogP contribution in [0.1, 0.15) is 38.5 Å². The fourth-order valence-electron chi connectivity index (χ4n) is 3.87. The number of nitrogens with two attached hydrogens (primary N) is 1. The minimum Gasteiger partial charge on any atom is -0.379 e. The molecule has 0 aromatic rings. The van der Waals surface area contributed by atoms with Crippen LogP contribution < -0.4 is 5.73 Å². The molecule has 3 heteroatoms. The van der Waals surface area contributed by atoms with Gasteiger partial charge in [0.1, 0.15) is 5.54 Å². The van der Waals surface area contributed by atoms with Crippen molar-refractivity contribution in [2.75, 3.05) is 13.2 Å². The molecule has 1 aliphatic heterocycles. The Labute approximate surface area is 96.7 Å². The highest BCUT2D eigenvalue weighted by Gasteiger charge is 2.44. The standard InChI is InChI=1S/C13H21NO2/c14-13(3-4-16-8-13)12(15)7-11-6-9-1-2-10(11)5-9/h9-11H,1-8,14H2. The van der Waals surface area contributed by atoms with Crippen LogP contribution in [0.5, 0.6) is 0 Å². The van der Waals surface area contributed by atoms with E-state index in [1.807, 2.05) is 0 Å². The molecule has 4 unspecified atom stereocenters. The van der Waals surface area contributed by atoms with Crippen LogP contribution >= 0.6 is 0 Å². The van der Waals surface area contributed by atoms with Gasteiger partial charge in [0.05, 0.1) is 6.61 Å². The molecule has 4 atom stereocenters. The molecule has 2 aliphatic carbocycles. The third kappa shape index (κ3) is 1.70. The topological polar surface area (TPSA) is 52.3 Å². The first-order valence-electron chi connectivity index (χ1n) is 6.57. The fourth-order valence-corrected chi connectivity index (χ4v) is 3.87. The van der Waals surface area contributed by atoms with Gasteiger partial charge in [-0.2, -0.15) is 0 Å². The lowest BCUT2D eigenvalue weighted by molar-refractivity contribution is -0.125. The molecule has 0 aromatic heterocycles. The molecular formula is C13H21NO2. The molecule has 2 saturated carbocycles. The second-order valence-electron chi connectivity index (χ2n) is 6.02. The summed E-state index contributed by atoms with van der Waals surface area (Å²) in [5.41, 5.74) is 5.45. The SMILES string of the molecule is NC1(C(=O)CC2CC3CCC2C3)CCOC1. The minimum absolute atomic E-state index is 0.252. The summed E-state index contributed by atoms with van der Waals surface area (Å²) in [7, 11) is 0. The molecule has 2 N–H and O–H groups in total. The van der Waals surface area contributed by atoms with Gasteiger partial charge in [-0.15, -0.1) is 0 Å². The lowest BCUT2D eigenvalue weighted by Crippen LogP contribution is -2.49. The van der Waals surface area contributed by atoms with E-state index in [2.05, 4.69) is 0 Å². The Kier molecular flexibility index (Phi) is 2.55. The van der Waals surface area contributed by atoms with Crippen molar-refractivity contribution in [2.45, 2.75) is 44.1 Å². The number of carbonyl (C=O) groups is 1. The maximum Gasteiger partial charge on any atom is 0.155 e. The Bertz CT molecular complexity index is 296. The minimum atomic E-state index is -0.651. The second-order valence-corrected chi connectivity index (χ2v) is 6.02. The Morgan fingerprint density at radius 1 is 1.38 bits per heavy atom. The first-order valence-corrected chi connectivity index (χ1v) is 6.57. The molecule has 90 valence electrons. The van der Waals surface area contributed by atoms with Gasteiger partial charge in [0.15, 0.2) is 5.78 Å². The van der Waals surface area contributed by atoms with Crippen molar-refractivity contribution in [2.24, 2.45) is 23.5 Å². The van der Waals surface area contributed by atoms with Crippen molar-refractivity contribution in [1.82, 2.24) is 0 Å². The van der Waals surface area contributed by atoms with Crippen LogP contribution in [0.15, 0.2) is 0 Å². The monoisotopic (exact) mass is 223 g/mol. The normalized spacial score (nSPS) is 46.4. The van der Waals surface area contributed by atoms with Crippen molar-refractivity contribution < 1.29 is 9.53 Å². The highest BCUT2D eigenvalue weighted by atomic mass is 16.5. The summed E-state index contributed by atoms with van der Waals surface area (Å²) < 4.78 is 5.26. The molecule has 0 radical (unpaired) electrons. The van der Waals surface area contributed by atoms with Crippen LogP contribution in [0.4, 0.5) is 0 Å². The molecule has 0 amide bonds. The quantitative estimate of drug-likeness (QED) is 0.789. The molecule has 0 spiro atoms. The second kappa shape index (κ2) is 3.81. The number of Topliss-reactive ketones (excluding diaryl/α,β-unsaturated/α-hetero) is 1. The smallest absolute Gasteiger partial charge is 0.155 e. The highest BCUT2D eigenvalue weighted by molar-refractivity contribution is 5.88. The maximum absolute atomic E-state index is 12.2. The van der Waals surface area contributed by atoms with Crippen LogP contribution in [0, 0.1) is 17.8 Å². The van der Waals surface area contributed by atoms with E-state index in [0.717, 1.165) is 11.8 Å². The summed E-state index contributed by atoms with van der Waals surface area (Å²) in [4.78, 5) is 12.2. The van der Waals surface area contributed by atoms with E-state index in [1.54, 1.807) is 0 Å². The van der Waals surface area contributed by atoms with E-state index in [-0.39, 0.29) is 5.78 Å². The number of rotatable bonds is 3. The molecule has 1 heterocycles. The summed E-state index contributed by atoms with van der Waals surface area (Å²) in [6, 6.07) is 0. The zero-order valence-corrected chi connectivity index (χ0v) is 9.78. The van der Waals surface area contributed by atoms with E-state index in [9.17, 15) is 4.79 Å². The maximum atomic E-state index is 12.2. The predicted molar refractivity (Wildman–Crippen MR) is 60.9 cm³/mol. The zero-order chi connectivity index (χ0) is 11.2. The van der Waals surface area contributed by atoms with Gasteiger partial charge in [0.2, 0.25) is 0 Å². The summed E-state index contributed by atoms with van der Waals surface area (Å²) in [6.45, 7) is 1.09.